The molecule has 0 radical (unpaired) electrons. The second kappa shape index (κ2) is 8.76. The minimum absolute atomic E-state index is 0.0989. The first kappa shape index (κ1) is 18.3. The molecular weight excluding hydrogens is 348 g/mol. The Morgan fingerprint density at radius 1 is 1.08 bits per heavy atom. The van der Waals surface area contributed by atoms with Gasteiger partial charge in [0.2, 0.25) is 5.91 Å². The Morgan fingerprint density at radius 3 is 2.46 bits per heavy atom. The Balaban J connectivity index is 1.55. The molecule has 0 aromatic heterocycles. The van der Waals surface area contributed by atoms with Crippen molar-refractivity contribution in [1.29, 1.82) is 0 Å². The van der Waals surface area contributed by atoms with Crippen LogP contribution in [0.4, 0.5) is 5.69 Å². The van der Waals surface area contributed by atoms with Crippen molar-refractivity contribution >= 4 is 29.3 Å². The third kappa shape index (κ3) is 5.02. The van der Waals surface area contributed by atoms with Crippen LogP contribution in [0.2, 0.25) is 0 Å². The Bertz CT molecular complexity index is 771. The molecule has 3 rings (SSSR count). The molecule has 2 aromatic rings. The number of amides is 2. The largest absolute Gasteiger partial charge is 0.484 e. The fourth-order valence-electron chi connectivity index (χ4n) is 2.91. The zero-order chi connectivity index (χ0) is 18.4. The Kier molecular flexibility index (Phi) is 6.17. The summed E-state index contributed by atoms with van der Waals surface area (Å²) in [7, 11) is 0. The summed E-state index contributed by atoms with van der Waals surface area (Å²) in [5.74, 6) is -0.201. The SMILES string of the molecule is NC(=O)c1ccc(OCC(=O)Nc2ccccc2SC2CCCC2)cc1. The lowest BCUT2D eigenvalue weighted by atomic mass is 10.2. The van der Waals surface area contributed by atoms with Gasteiger partial charge in [0.05, 0.1) is 5.69 Å². The smallest absolute Gasteiger partial charge is 0.262 e. The molecule has 1 aliphatic rings. The number of carbonyl (C=O) groups is 2. The summed E-state index contributed by atoms with van der Waals surface area (Å²) in [5, 5.41) is 3.56. The number of ether oxygens (including phenoxy) is 1. The molecule has 0 unspecified atom stereocenters. The van der Waals surface area contributed by atoms with Crippen molar-refractivity contribution in [3.63, 3.8) is 0 Å². The molecule has 0 bridgehead atoms. The lowest BCUT2D eigenvalue weighted by Gasteiger charge is -2.14. The van der Waals surface area contributed by atoms with E-state index in [1.807, 2.05) is 36.0 Å². The standard InChI is InChI=1S/C20H22N2O3S/c21-20(24)14-9-11-15(12-10-14)25-13-19(23)22-17-7-3-4-8-18(17)26-16-5-1-2-6-16/h3-4,7-12,16H,1-2,5-6,13H2,(H2,21,24)(H,22,23). The highest BCUT2D eigenvalue weighted by Crippen LogP contribution is 2.37. The molecule has 2 amide bonds. The van der Waals surface area contributed by atoms with Gasteiger partial charge in [0.15, 0.2) is 6.61 Å². The van der Waals surface area contributed by atoms with Crippen molar-refractivity contribution in [2.24, 2.45) is 5.73 Å². The van der Waals surface area contributed by atoms with Gasteiger partial charge < -0.3 is 15.8 Å². The Morgan fingerprint density at radius 2 is 1.77 bits per heavy atom. The highest BCUT2D eigenvalue weighted by molar-refractivity contribution is 8.00. The van der Waals surface area contributed by atoms with Crippen molar-refractivity contribution in [3.05, 3.63) is 54.1 Å². The molecule has 0 saturated heterocycles. The summed E-state index contributed by atoms with van der Waals surface area (Å²) in [6.45, 7) is -0.0989. The highest BCUT2D eigenvalue weighted by Gasteiger charge is 2.18. The predicted octanol–water partition coefficient (Wildman–Crippen LogP) is 3.84. The van der Waals surface area contributed by atoms with E-state index in [9.17, 15) is 9.59 Å². The average Bonchev–Trinajstić information content (AvgIpc) is 3.15. The van der Waals surface area contributed by atoms with E-state index in [4.69, 9.17) is 10.5 Å². The number of para-hydroxylation sites is 1. The first-order valence-electron chi connectivity index (χ1n) is 8.70. The van der Waals surface area contributed by atoms with Gasteiger partial charge in [0, 0.05) is 15.7 Å². The Hall–Kier alpha value is -2.47. The van der Waals surface area contributed by atoms with Crippen molar-refractivity contribution in [2.75, 3.05) is 11.9 Å². The van der Waals surface area contributed by atoms with Crippen LogP contribution in [0.3, 0.4) is 0 Å². The predicted molar refractivity (Wildman–Crippen MR) is 104 cm³/mol. The van der Waals surface area contributed by atoms with E-state index in [1.54, 1.807) is 24.3 Å². The molecular formula is C20H22N2O3S. The van der Waals surface area contributed by atoms with E-state index in [2.05, 4.69) is 5.32 Å². The minimum Gasteiger partial charge on any atom is -0.484 e. The maximum Gasteiger partial charge on any atom is 0.262 e. The van der Waals surface area contributed by atoms with Gasteiger partial charge in [0.1, 0.15) is 5.75 Å². The van der Waals surface area contributed by atoms with Crippen LogP contribution in [0.25, 0.3) is 0 Å². The zero-order valence-corrected chi connectivity index (χ0v) is 15.3. The molecule has 0 atom stereocenters. The highest BCUT2D eigenvalue weighted by atomic mass is 32.2. The normalized spacial score (nSPS) is 14.2. The van der Waals surface area contributed by atoms with Gasteiger partial charge >= 0.3 is 0 Å². The fourth-order valence-corrected chi connectivity index (χ4v) is 4.24. The molecule has 0 heterocycles. The molecule has 0 aliphatic heterocycles. The molecule has 1 saturated carbocycles. The molecule has 1 aliphatic carbocycles. The maximum absolute atomic E-state index is 12.2. The monoisotopic (exact) mass is 370 g/mol. The maximum atomic E-state index is 12.2. The number of nitrogens with two attached hydrogens (primary N) is 1. The molecule has 1 fully saturated rings. The number of carbonyl (C=O) groups excluding carboxylic acids is 2. The number of nitrogens with one attached hydrogen (secondary N) is 1. The third-order valence-corrected chi connectivity index (χ3v) is 5.68. The number of benzene rings is 2. The average molecular weight is 370 g/mol. The molecule has 3 N–H and O–H groups in total. The van der Waals surface area contributed by atoms with Gasteiger partial charge in [-0.15, -0.1) is 11.8 Å². The quantitative estimate of drug-likeness (QED) is 0.776. The van der Waals surface area contributed by atoms with E-state index in [1.165, 1.54) is 25.7 Å². The van der Waals surface area contributed by atoms with Gasteiger partial charge in [0.25, 0.3) is 5.91 Å². The van der Waals surface area contributed by atoms with Gasteiger partial charge in [-0.2, -0.15) is 0 Å². The van der Waals surface area contributed by atoms with Gasteiger partial charge in [-0.05, 0) is 49.2 Å². The van der Waals surface area contributed by atoms with Gasteiger partial charge in [-0.1, -0.05) is 25.0 Å². The summed E-state index contributed by atoms with van der Waals surface area (Å²) in [6, 6.07) is 14.3. The van der Waals surface area contributed by atoms with E-state index in [0.29, 0.717) is 16.6 Å². The topological polar surface area (TPSA) is 81.4 Å². The zero-order valence-electron chi connectivity index (χ0n) is 14.4. The summed E-state index contributed by atoms with van der Waals surface area (Å²) in [4.78, 5) is 24.4. The van der Waals surface area contributed by atoms with Crippen LogP contribution in [0.5, 0.6) is 5.75 Å². The van der Waals surface area contributed by atoms with Crippen LogP contribution in [-0.4, -0.2) is 23.7 Å². The lowest BCUT2D eigenvalue weighted by Crippen LogP contribution is -2.20. The van der Waals surface area contributed by atoms with Crippen LogP contribution in [0.1, 0.15) is 36.0 Å². The number of anilines is 1. The van der Waals surface area contributed by atoms with Crippen LogP contribution < -0.4 is 15.8 Å². The number of rotatable bonds is 7. The van der Waals surface area contributed by atoms with Gasteiger partial charge in [-0.25, -0.2) is 0 Å². The molecule has 5 nitrogen and oxygen atoms in total. The lowest BCUT2D eigenvalue weighted by molar-refractivity contribution is -0.118. The van der Waals surface area contributed by atoms with Crippen LogP contribution >= 0.6 is 11.8 Å². The van der Waals surface area contributed by atoms with Crippen LogP contribution in [0, 0.1) is 0 Å². The number of thioether (sulfide) groups is 1. The fraction of sp³-hybridized carbons (Fsp3) is 0.300. The van der Waals surface area contributed by atoms with E-state index >= 15 is 0 Å². The number of hydrogen-bond donors (Lipinski definition) is 2. The van der Waals surface area contributed by atoms with E-state index in [-0.39, 0.29) is 12.5 Å². The van der Waals surface area contributed by atoms with Crippen molar-refractivity contribution in [3.8, 4) is 5.75 Å². The summed E-state index contributed by atoms with van der Waals surface area (Å²) >= 11 is 1.84. The third-order valence-electron chi connectivity index (χ3n) is 4.27. The van der Waals surface area contributed by atoms with Gasteiger partial charge in [-0.3, -0.25) is 9.59 Å². The summed E-state index contributed by atoms with van der Waals surface area (Å²) in [5.41, 5.74) is 6.42. The molecule has 136 valence electrons. The second-order valence-corrected chi connectivity index (χ2v) is 7.59. The summed E-state index contributed by atoms with van der Waals surface area (Å²) < 4.78 is 5.48. The number of hydrogen-bond acceptors (Lipinski definition) is 4. The van der Waals surface area contributed by atoms with Crippen molar-refractivity contribution < 1.29 is 14.3 Å². The molecule has 6 heteroatoms. The Labute approximate surface area is 157 Å². The molecule has 0 spiro atoms. The first-order chi connectivity index (χ1) is 12.6. The van der Waals surface area contributed by atoms with Crippen LogP contribution in [-0.2, 0) is 4.79 Å². The first-order valence-corrected chi connectivity index (χ1v) is 9.58. The summed E-state index contributed by atoms with van der Waals surface area (Å²) in [6.07, 6.45) is 5.04. The van der Waals surface area contributed by atoms with E-state index in [0.717, 1.165) is 10.6 Å². The molecule has 2 aromatic carbocycles. The second-order valence-electron chi connectivity index (χ2n) is 6.25. The minimum atomic E-state index is -0.495. The van der Waals surface area contributed by atoms with Crippen LogP contribution in [0.15, 0.2) is 53.4 Å². The van der Waals surface area contributed by atoms with Crippen molar-refractivity contribution in [2.45, 2.75) is 35.8 Å². The van der Waals surface area contributed by atoms with E-state index < -0.39 is 5.91 Å². The van der Waals surface area contributed by atoms with Crippen molar-refractivity contribution in [1.82, 2.24) is 0 Å². The molecule has 26 heavy (non-hydrogen) atoms. The number of primary amides is 1.